The van der Waals surface area contributed by atoms with Gasteiger partial charge in [-0.1, -0.05) is 23.8 Å². The molecule has 0 atom stereocenters. The normalized spacial score (nSPS) is 14.9. The molecule has 3 rings (SSSR count). The smallest absolute Gasteiger partial charge is 0.107 e. The van der Waals surface area contributed by atoms with Crippen LogP contribution >= 0.6 is 0 Å². The first kappa shape index (κ1) is 11.5. The van der Waals surface area contributed by atoms with Gasteiger partial charge in [0.1, 0.15) is 5.82 Å². The Hall–Kier alpha value is -1.61. The first-order valence-corrected chi connectivity index (χ1v) is 6.65. The molecule has 94 valence electrons. The predicted octanol–water partition coefficient (Wildman–Crippen LogP) is 2.68. The minimum Gasteiger partial charge on any atom is -0.342 e. The second kappa shape index (κ2) is 4.94. The molecule has 0 spiro atoms. The van der Waals surface area contributed by atoms with E-state index in [9.17, 15) is 0 Å². The van der Waals surface area contributed by atoms with Gasteiger partial charge in [-0.3, -0.25) is 0 Å². The van der Waals surface area contributed by atoms with E-state index in [0.717, 1.165) is 30.5 Å². The third-order valence-corrected chi connectivity index (χ3v) is 3.33. The lowest BCUT2D eigenvalue weighted by Gasteiger charge is -2.00. The summed E-state index contributed by atoms with van der Waals surface area (Å²) >= 11 is 0. The molecule has 0 radical (unpaired) electrons. The quantitative estimate of drug-likeness (QED) is 0.845. The van der Waals surface area contributed by atoms with Crippen LogP contribution in [0.3, 0.4) is 0 Å². The fourth-order valence-corrected chi connectivity index (χ4v) is 2.13. The van der Waals surface area contributed by atoms with Gasteiger partial charge in [0.15, 0.2) is 0 Å². The van der Waals surface area contributed by atoms with Crippen LogP contribution in [0, 0.1) is 6.92 Å². The van der Waals surface area contributed by atoms with Crippen molar-refractivity contribution in [3.63, 3.8) is 0 Å². The Balaban J connectivity index is 1.64. The summed E-state index contributed by atoms with van der Waals surface area (Å²) in [6.07, 6.45) is 5.59. The zero-order valence-electron chi connectivity index (χ0n) is 10.7. The van der Waals surface area contributed by atoms with Crippen LogP contribution in [0.15, 0.2) is 30.5 Å². The fraction of sp³-hybridized carbons (Fsp3) is 0.400. The predicted molar refractivity (Wildman–Crippen MR) is 73.5 cm³/mol. The Bertz CT molecular complexity index is 526. The zero-order chi connectivity index (χ0) is 12.4. The van der Waals surface area contributed by atoms with Crippen LogP contribution in [0.1, 0.15) is 24.2 Å². The van der Waals surface area contributed by atoms with Crippen molar-refractivity contribution in [2.75, 3.05) is 6.54 Å². The summed E-state index contributed by atoms with van der Waals surface area (Å²) in [5.41, 5.74) is 3.60. The molecule has 0 aliphatic heterocycles. The largest absolute Gasteiger partial charge is 0.342 e. The van der Waals surface area contributed by atoms with Crippen molar-refractivity contribution < 1.29 is 0 Å². The van der Waals surface area contributed by atoms with Gasteiger partial charge in [0, 0.05) is 19.0 Å². The molecular weight excluding hydrogens is 222 g/mol. The first-order valence-electron chi connectivity index (χ1n) is 6.65. The van der Waals surface area contributed by atoms with Crippen LogP contribution in [0.25, 0.3) is 11.3 Å². The summed E-state index contributed by atoms with van der Waals surface area (Å²) in [5.74, 6) is 1.07. The Morgan fingerprint density at radius 1 is 1.39 bits per heavy atom. The molecule has 1 aliphatic rings. The van der Waals surface area contributed by atoms with Gasteiger partial charge in [-0.25, -0.2) is 4.98 Å². The van der Waals surface area contributed by atoms with Crippen molar-refractivity contribution in [2.24, 2.45) is 0 Å². The molecule has 1 heterocycles. The van der Waals surface area contributed by atoms with Crippen LogP contribution in [0.5, 0.6) is 0 Å². The lowest BCUT2D eigenvalue weighted by atomic mass is 10.1. The molecule has 1 aromatic carbocycles. The van der Waals surface area contributed by atoms with E-state index in [2.05, 4.69) is 46.5 Å². The highest BCUT2D eigenvalue weighted by molar-refractivity contribution is 5.59. The highest BCUT2D eigenvalue weighted by atomic mass is 15.0. The molecule has 2 N–H and O–H groups in total. The van der Waals surface area contributed by atoms with Crippen LogP contribution in [0.2, 0.25) is 0 Å². The van der Waals surface area contributed by atoms with Gasteiger partial charge < -0.3 is 10.3 Å². The van der Waals surface area contributed by atoms with Crippen molar-refractivity contribution in [3.8, 4) is 11.3 Å². The van der Waals surface area contributed by atoms with Crippen molar-refractivity contribution in [1.82, 2.24) is 15.3 Å². The van der Waals surface area contributed by atoms with Gasteiger partial charge in [-0.05, 0) is 31.4 Å². The molecule has 0 bridgehead atoms. The first-order chi connectivity index (χ1) is 8.81. The minimum atomic E-state index is 0.774. The van der Waals surface area contributed by atoms with Crippen LogP contribution in [0.4, 0.5) is 0 Å². The number of nitrogens with one attached hydrogen (secondary N) is 2. The van der Waals surface area contributed by atoms with E-state index in [1.165, 1.54) is 24.0 Å². The van der Waals surface area contributed by atoms with Gasteiger partial charge in [0.2, 0.25) is 0 Å². The Morgan fingerprint density at radius 3 is 3.06 bits per heavy atom. The number of imidazole rings is 1. The number of nitrogens with zero attached hydrogens (tertiary/aromatic N) is 1. The number of hydrogen-bond acceptors (Lipinski definition) is 2. The molecule has 0 unspecified atom stereocenters. The van der Waals surface area contributed by atoms with Crippen molar-refractivity contribution in [1.29, 1.82) is 0 Å². The molecule has 0 amide bonds. The van der Waals surface area contributed by atoms with Crippen LogP contribution in [-0.2, 0) is 6.42 Å². The maximum atomic E-state index is 4.44. The molecule has 1 aliphatic carbocycles. The van der Waals surface area contributed by atoms with Crippen molar-refractivity contribution in [3.05, 3.63) is 41.9 Å². The summed E-state index contributed by atoms with van der Waals surface area (Å²) in [6, 6.07) is 9.27. The summed E-state index contributed by atoms with van der Waals surface area (Å²) in [4.78, 5) is 7.84. The lowest BCUT2D eigenvalue weighted by molar-refractivity contribution is 0.669. The molecule has 1 fully saturated rings. The van der Waals surface area contributed by atoms with E-state index in [1.807, 2.05) is 6.20 Å². The van der Waals surface area contributed by atoms with Gasteiger partial charge in [-0.2, -0.15) is 0 Å². The average Bonchev–Trinajstić information content (AvgIpc) is 3.06. The van der Waals surface area contributed by atoms with Crippen LogP contribution in [-0.4, -0.2) is 22.6 Å². The Morgan fingerprint density at radius 2 is 2.28 bits per heavy atom. The third kappa shape index (κ3) is 2.79. The van der Waals surface area contributed by atoms with E-state index in [1.54, 1.807) is 0 Å². The molecule has 2 aromatic rings. The molecule has 18 heavy (non-hydrogen) atoms. The number of aromatic nitrogens is 2. The number of hydrogen-bond donors (Lipinski definition) is 2. The summed E-state index contributed by atoms with van der Waals surface area (Å²) in [6.45, 7) is 3.13. The van der Waals surface area contributed by atoms with Crippen molar-refractivity contribution in [2.45, 2.75) is 32.2 Å². The van der Waals surface area contributed by atoms with Crippen molar-refractivity contribution >= 4 is 0 Å². The SMILES string of the molecule is Cc1cccc(-c2cnc(CCNC3CC3)[nH]2)c1. The summed E-state index contributed by atoms with van der Waals surface area (Å²) in [5, 5.41) is 3.50. The molecule has 0 saturated heterocycles. The van der Waals surface area contributed by atoms with E-state index in [4.69, 9.17) is 0 Å². The fourth-order valence-electron chi connectivity index (χ4n) is 2.13. The monoisotopic (exact) mass is 241 g/mol. The van der Waals surface area contributed by atoms with Gasteiger partial charge in [-0.15, -0.1) is 0 Å². The highest BCUT2D eigenvalue weighted by Gasteiger charge is 2.19. The zero-order valence-corrected chi connectivity index (χ0v) is 10.7. The van der Waals surface area contributed by atoms with Gasteiger partial charge in [0.25, 0.3) is 0 Å². The molecular formula is C15H19N3. The van der Waals surface area contributed by atoms with Gasteiger partial charge >= 0.3 is 0 Å². The number of aryl methyl sites for hydroxylation is 1. The van der Waals surface area contributed by atoms with Crippen LogP contribution < -0.4 is 5.32 Å². The number of benzene rings is 1. The second-order valence-electron chi connectivity index (χ2n) is 5.09. The van der Waals surface area contributed by atoms with E-state index in [-0.39, 0.29) is 0 Å². The highest BCUT2D eigenvalue weighted by Crippen LogP contribution is 2.19. The average molecular weight is 241 g/mol. The topological polar surface area (TPSA) is 40.7 Å². The van der Waals surface area contributed by atoms with E-state index in [0.29, 0.717) is 0 Å². The van der Waals surface area contributed by atoms with E-state index < -0.39 is 0 Å². The Kier molecular flexibility index (Phi) is 3.15. The lowest BCUT2D eigenvalue weighted by Crippen LogP contribution is -2.19. The van der Waals surface area contributed by atoms with E-state index >= 15 is 0 Å². The maximum absolute atomic E-state index is 4.44. The molecule has 3 nitrogen and oxygen atoms in total. The summed E-state index contributed by atoms with van der Waals surface area (Å²) in [7, 11) is 0. The number of aromatic amines is 1. The number of rotatable bonds is 5. The third-order valence-electron chi connectivity index (χ3n) is 3.33. The standard InChI is InChI=1S/C15H19N3/c1-11-3-2-4-12(9-11)14-10-17-15(18-14)7-8-16-13-5-6-13/h2-4,9-10,13,16H,5-8H2,1H3,(H,17,18). The minimum absolute atomic E-state index is 0.774. The maximum Gasteiger partial charge on any atom is 0.107 e. The Labute approximate surface area is 108 Å². The summed E-state index contributed by atoms with van der Waals surface area (Å²) < 4.78 is 0. The molecule has 1 aromatic heterocycles. The molecule has 3 heteroatoms. The molecule has 1 saturated carbocycles. The number of H-pyrrole nitrogens is 1. The van der Waals surface area contributed by atoms with Gasteiger partial charge in [0.05, 0.1) is 11.9 Å². The second-order valence-corrected chi connectivity index (χ2v) is 5.09.